The van der Waals surface area contributed by atoms with Crippen LogP contribution in [0.5, 0.6) is 0 Å². The summed E-state index contributed by atoms with van der Waals surface area (Å²) in [4.78, 5) is 2.46. The highest BCUT2D eigenvalue weighted by molar-refractivity contribution is 6.42. The third-order valence-corrected chi connectivity index (χ3v) is 4.71. The molecule has 2 unspecified atom stereocenters. The van der Waals surface area contributed by atoms with Crippen molar-refractivity contribution < 1.29 is 0 Å². The highest BCUT2D eigenvalue weighted by Gasteiger charge is 2.27. The molecule has 0 aliphatic carbocycles. The largest absolute Gasteiger partial charge is 0.329 e. The van der Waals surface area contributed by atoms with Crippen molar-refractivity contribution in [2.24, 2.45) is 5.73 Å². The van der Waals surface area contributed by atoms with Crippen LogP contribution >= 0.6 is 23.2 Å². The van der Waals surface area contributed by atoms with Crippen molar-refractivity contribution >= 4 is 23.2 Å². The minimum absolute atomic E-state index is 0.462. The first-order valence-electron chi connectivity index (χ1n) is 6.52. The van der Waals surface area contributed by atoms with E-state index in [1.807, 2.05) is 18.2 Å². The summed E-state index contributed by atoms with van der Waals surface area (Å²) in [6.07, 6.45) is 3.68. The molecular weight excluding hydrogens is 267 g/mol. The molecular formula is C14H20Cl2N2. The van der Waals surface area contributed by atoms with E-state index < -0.39 is 0 Å². The van der Waals surface area contributed by atoms with Gasteiger partial charge in [0.25, 0.3) is 0 Å². The Bertz CT molecular complexity index is 409. The molecule has 1 aromatic rings. The van der Waals surface area contributed by atoms with E-state index >= 15 is 0 Å². The van der Waals surface area contributed by atoms with Gasteiger partial charge in [0.2, 0.25) is 0 Å². The third-order valence-electron chi connectivity index (χ3n) is 3.85. The number of piperidine rings is 1. The lowest BCUT2D eigenvalue weighted by Gasteiger charge is -2.40. The quantitative estimate of drug-likeness (QED) is 0.918. The summed E-state index contributed by atoms with van der Waals surface area (Å²) in [5.41, 5.74) is 6.97. The molecule has 2 atom stereocenters. The van der Waals surface area contributed by atoms with Gasteiger partial charge >= 0.3 is 0 Å². The Hall–Kier alpha value is -0.280. The molecule has 1 saturated heterocycles. The Balaban J connectivity index is 2.17. The fourth-order valence-electron chi connectivity index (χ4n) is 2.75. The molecule has 0 aromatic heterocycles. The molecule has 100 valence electrons. The molecule has 1 heterocycles. The summed E-state index contributed by atoms with van der Waals surface area (Å²) < 4.78 is 0. The first-order valence-corrected chi connectivity index (χ1v) is 7.27. The highest BCUT2D eigenvalue weighted by Crippen LogP contribution is 2.30. The van der Waals surface area contributed by atoms with E-state index in [-0.39, 0.29) is 0 Å². The van der Waals surface area contributed by atoms with E-state index in [2.05, 4.69) is 11.8 Å². The van der Waals surface area contributed by atoms with E-state index in [0.29, 0.717) is 28.7 Å². The van der Waals surface area contributed by atoms with Crippen LogP contribution in [0.25, 0.3) is 0 Å². The van der Waals surface area contributed by atoms with Gasteiger partial charge in [0.15, 0.2) is 0 Å². The normalized spacial score (nSPS) is 25.3. The molecule has 0 bridgehead atoms. The maximum atomic E-state index is 6.26. The average Bonchev–Trinajstić information content (AvgIpc) is 2.37. The molecule has 2 rings (SSSR count). The number of likely N-dealkylation sites (tertiary alicyclic amines) is 1. The van der Waals surface area contributed by atoms with Gasteiger partial charge < -0.3 is 5.73 Å². The van der Waals surface area contributed by atoms with Gasteiger partial charge in [0.1, 0.15) is 0 Å². The van der Waals surface area contributed by atoms with Crippen LogP contribution in [0.3, 0.4) is 0 Å². The van der Waals surface area contributed by atoms with Crippen molar-refractivity contribution in [1.29, 1.82) is 0 Å². The summed E-state index contributed by atoms with van der Waals surface area (Å²) in [6.45, 7) is 3.81. The Morgan fingerprint density at radius 2 is 2.11 bits per heavy atom. The molecule has 2 N–H and O–H groups in total. The van der Waals surface area contributed by atoms with Crippen molar-refractivity contribution in [2.75, 3.05) is 6.54 Å². The second-order valence-corrected chi connectivity index (χ2v) is 5.84. The first kappa shape index (κ1) is 14.1. The Morgan fingerprint density at radius 3 is 2.83 bits per heavy atom. The summed E-state index contributed by atoms with van der Waals surface area (Å²) in [7, 11) is 0. The van der Waals surface area contributed by atoms with E-state index in [4.69, 9.17) is 28.9 Å². The van der Waals surface area contributed by atoms with Gasteiger partial charge in [-0.05, 0) is 31.4 Å². The Kier molecular flexibility index (Phi) is 4.91. The number of rotatable bonds is 3. The molecule has 1 aromatic carbocycles. The number of halogens is 2. The third kappa shape index (κ3) is 3.00. The molecule has 0 amide bonds. The lowest BCUT2D eigenvalue weighted by atomic mass is 9.95. The van der Waals surface area contributed by atoms with Crippen LogP contribution < -0.4 is 5.73 Å². The Morgan fingerprint density at radius 1 is 1.33 bits per heavy atom. The van der Waals surface area contributed by atoms with Crippen LogP contribution in [-0.2, 0) is 6.54 Å². The minimum atomic E-state index is 0.462. The molecule has 18 heavy (non-hydrogen) atoms. The van der Waals surface area contributed by atoms with Gasteiger partial charge in [0, 0.05) is 25.2 Å². The molecule has 1 fully saturated rings. The van der Waals surface area contributed by atoms with Crippen molar-refractivity contribution in [3.05, 3.63) is 33.8 Å². The summed E-state index contributed by atoms with van der Waals surface area (Å²) in [5.74, 6) is 0. The van der Waals surface area contributed by atoms with Crippen LogP contribution in [0.4, 0.5) is 0 Å². The van der Waals surface area contributed by atoms with Crippen molar-refractivity contribution in [3.63, 3.8) is 0 Å². The molecule has 0 spiro atoms. The van der Waals surface area contributed by atoms with E-state index in [1.54, 1.807) is 0 Å². The topological polar surface area (TPSA) is 29.3 Å². The molecule has 1 aliphatic rings. The standard InChI is InChI=1S/C14H20Cl2N2/c1-10-4-2-6-12(8-17)18(10)9-11-5-3-7-13(15)14(11)16/h3,5,7,10,12H,2,4,6,8-9,17H2,1H3. The predicted octanol–water partition coefficient (Wildman–Crippen LogP) is 3.70. The van der Waals surface area contributed by atoms with Gasteiger partial charge in [-0.15, -0.1) is 0 Å². The van der Waals surface area contributed by atoms with Crippen LogP contribution in [-0.4, -0.2) is 23.5 Å². The van der Waals surface area contributed by atoms with Crippen LogP contribution in [0, 0.1) is 0 Å². The lowest BCUT2D eigenvalue weighted by Crippen LogP contribution is -2.48. The zero-order valence-electron chi connectivity index (χ0n) is 10.7. The lowest BCUT2D eigenvalue weighted by molar-refractivity contribution is 0.0892. The van der Waals surface area contributed by atoms with Crippen LogP contribution in [0.2, 0.25) is 10.0 Å². The molecule has 0 saturated carbocycles. The maximum Gasteiger partial charge on any atom is 0.0637 e. The fraction of sp³-hybridized carbons (Fsp3) is 0.571. The number of nitrogens with two attached hydrogens (primary N) is 1. The summed E-state index contributed by atoms with van der Waals surface area (Å²) in [6, 6.07) is 6.85. The van der Waals surface area contributed by atoms with E-state index in [9.17, 15) is 0 Å². The second kappa shape index (κ2) is 6.25. The first-order chi connectivity index (χ1) is 8.63. The zero-order valence-corrected chi connectivity index (χ0v) is 12.2. The van der Waals surface area contributed by atoms with Crippen molar-refractivity contribution in [1.82, 2.24) is 4.90 Å². The number of benzene rings is 1. The predicted molar refractivity (Wildman–Crippen MR) is 78.2 cm³/mol. The minimum Gasteiger partial charge on any atom is -0.329 e. The molecule has 0 radical (unpaired) electrons. The van der Waals surface area contributed by atoms with Crippen LogP contribution in [0.1, 0.15) is 31.7 Å². The van der Waals surface area contributed by atoms with E-state index in [1.165, 1.54) is 19.3 Å². The number of hydrogen-bond donors (Lipinski definition) is 1. The second-order valence-electron chi connectivity index (χ2n) is 5.05. The van der Waals surface area contributed by atoms with E-state index in [0.717, 1.165) is 12.1 Å². The number of hydrogen-bond acceptors (Lipinski definition) is 2. The highest BCUT2D eigenvalue weighted by atomic mass is 35.5. The molecule has 2 nitrogen and oxygen atoms in total. The van der Waals surface area contributed by atoms with Crippen molar-refractivity contribution in [3.8, 4) is 0 Å². The Labute approximate surface area is 119 Å². The average molecular weight is 287 g/mol. The van der Waals surface area contributed by atoms with Gasteiger partial charge in [-0.3, -0.25) is 4.90 Å². The molecule has 4 heteroatoms. The van der Waals surface area contributed by atoms with Gasteiger partial charge in [-0.1, -0.05) is 41.8 Å². The van der Waals surface area contributed by atoms with Crippen LogP contribution in [0.15, 0.2) is 18.2 Å². The summed E-state index contributed by atoms with van der Waals surface area (Å²) in [5, 5.41) is 1.30. The fourth-order valence-corrected chi connectivity index (χ4v) is 3.13. The van der Waals surface area contributed by atoms with Gasteiger partial charge in [-0.25, -0.2) is 0 Å². The monoisotopic (exact) mass is 286 g/mol. The molecule has 1 aliphatic heterocycles. The smallest absolute Gasteiger partial charge is 0.0637 e. The maximum absolute atomic E-state index is 6.26. The number of nitrogens with zero attached hydrogens (tertiary/aromatic N) is 1. The van der Waals surface area contributed by atoms with Gasteiger partial charge in [-0.2, -0.15) is 0 Å². The van der Waals surface area contributed by atoms with Crippen molar-refractivity contribution in [2.45, 2.75) is 44.8 Å². The SMILES string of the molecule is CC1CCCC(CN)N1Cc1cccc(Cl)c1Cl. The summed E-state index contributed by atoms with van der Waals surface area (Å²) >= 11 is 12.3. The van der Waals surface area contributed by atoms with Gasteiger partial charge in [0.05, 0.1) is 10.0 Å². The zero-order chi connectivity index (χ0) is 13.1.